The van der Waals surface area contributed by atoms with Gasteiger partial charge in [-0.1, -0.05) is 12.2 Å². The zero-order valence-corrected chi connectivity index (χ0v) is 5.77. The van der Waals surface area contributed by atoms with E-state index in [2.05, 4.69) is 5.32 Å². The average molecular weight is 147 g/mol. The van der Waals surface area contributed by atoms with E-state index in [1.54, 1.807) is 0 Å². The van der Waals surface area contributed by atoms with Crippen LogP contribution in [0.2, 0.25) is 0 Å². The summed E-state index contributed by atoms with van der Waals surface area (Å²) < 4.78 is 4.92. The van der Waals surface area contributed by atoms with Crippen molar-refractivity contribution in [2.24, 2.45) is 0 Å². The molecule has 0 atom stereocenters. The molecule has 2 nitrogen and oxygen atoms in total. The third-order valence-corrected chi connectivity index (χ3v) is 1.59. The number of rotatable bonds is 0. The zero-order chi connectivity index (χ0) is 5.98. The normalized spacial score (nSPS) is 19.5. The first-order valence-electron chi connectivity index (χ1n) is 2.25. The first-order valence-corrected chi connectivity index (χ1v) is 3.07. The van der Waals surface area contributed by atoms with E-state index >= 15 is 0 Å². The molecule has 1 N–H and O–H groups in total. The number of nitrogens with one attached hydrogen (secondary N) is 1. The van der Waals surface area contributed by atoms with Crippen molar-refractivity contribution in [1.29, 1.82) is 0 Å². The van der Waals surface area contributed by atoms with Crippen LogP contribution in [-0.4, -0.2) is 23.2 Å². The van der Waals surface area contributed by atoms with Gasteiger partial charge in [-0.3, -0.25) is 0 Å². The molecular weight excluding hydrogens is 142 g/mol. The smallest absolute Gasteiger partial charge is 0.219 e. The van der Waals surface area contributed by atoms with Crippen molar-refractivity contribution in [3.8, 4) is 0 Å². The molecule has 0 aromatic carbocycles. The van der Waals surface area contributed by atoms with E-state index < -0.39 is 0 Å². The topological polar surface area (TPSA) is 21.3 Å². The fourth-order valence-electron chi connectivity index (χ4n) is 0.446. The van der Waals surface area contributed by atoms with E-state index in [0.29, 0.717) is 16.6 Å². The molecule has 0 spiro atoms. The standard InChI is InChI=1S/C4H5NOS2/c7-3-4(8)6-2-1-5-3/h1-2H2,(H,5,7). The van der Waals surface area contributed by atoms with E-state index in [0.717, 1.165) is 6.54 Å². The highest BCUT2D eigenvalue weighted by molar-refractivity contribution is 7.89. The van der Waals surface area contributed by atoms with Crippen LogP contribution in [0, 0.1) is 0 Å². The summed E-state index contributed by atoms with van der Waals surface area (Å²) in [4.78, 5) is 0.561. The highest BCUT2D eigenvalue weighted by Crippen LogP contribution is 1.90. The van der Waals surface area contributed by atoms with Crippen LogP contribution in [0.5, 0.6) is 0 Å². The van der Waals surface area contributed by atoms with Gasteiger partial charge in [0.25, 0.3) is 0 Å². The lowest BCUT2D eigenvalue weighted by atomic mass is 10.5. The maximum atomic E-state index is 4.92. The molecular formula is C4H5NOS2. The third kappa shape index (κ3) is 1.14. The summed E-state index contributed by atoms with van der Waals surface area (Å²) in [6.07, 6.45) is 0. The summed E-state index contributed by atoms with van der Waals surface area (Å²) in [6, 6.07) is 0. The number of morpholine rings is 1. The molecule has 0 aromatic rings. The molecule has 1 rings (SSSR count). The molecule has 0 bridgehead atoms. The Labute approximate surface area is 58.2 Å². The van der Waals surface area contributed by atoms with Gasteiger partial charge in [0.05, 0.1) is 0 Å². The third-order valence-electron chi connectivity index (χ3n) is 0.806. The second kappa shape index (κ2) is 2.37. The Kier molecular flexibility index (Phi) is 1.75. The first-order chi connectivity index (χ1) is 3.80. The van der Waals surface area contributed by atoms with Crippen molar-refractivity contribution >= 4 is 34.5 Å². The number of thiocarbonyl (C=S) groups is 2. The van der Waals surface area contributed by atoms with Crippen LogP contribution in [0.3, 0.4) is 0 Å². The van der Waals surface area contributed by atoms with Crippen molar-refractivity contribution in [3.05, 3.63) is 0 Å². The molecule has 0 saturated carbocycles. The van der Waals surface area contributed by atoms with E-state index in [4.69, 9.17) is 29.2 Å². The largest absolute Gasteiger partial charge is 0.479 e. The maximum Gasteiger partial charge on any atom is 0.219 e. The second-order valence-electron chi connectivity index (χ2n) is 1.39. The molecule has 0 aromatic heterocycles. The molecule has 1 heterocycles. The van der Waals surface area contributed by atoms with E-state index in [1.165, 1.54) is 0 Å². The van der Waals surface area contributed by atoms with Crippen molar-refractivity contribution < 1.29 is 4.74 Å². The van der Waals surface area contributed by atoms with Crippen molar-refractivity contribution in [1.82, 2.24) is 5.32 Å². The summed E-state index contributed by atoms with van der Waals surface area (Å²) >= 11 is 9.45. The highest BCUT2D eigenvalue weighted by Gasteiger charge is 2.09. The molecule has 1 aliphatic heterocycles. The van der Waals surface area contributed by atoms with Gasteiger partial charge in [0.15, 0.2) is 4.99 Å². The van der Waals surface area contributed by atoms with Crippen LogP contribution < -0.4 is 5.32 Å². The molecule has 1 fully saturated rings. The first kappa shape index (κ1) is 5.91. The lowest BCUT2D eigenvalue weighted by molar-refractivity contribution is 0.312. The Morgan fingerprint density at radius 3 is 2.62 bits per heavy atom. The van der Waals surface area contributed by atoms with E-state index in [1.807, 2.05) is 0 Å². The van der Waals surface area contributed by atoms with Gasteiger partial charge in [0, 0.05) is 6.54 Å². The molecule has 0 unspecified atom stereocenters. The maximum absolute atomic E-state index is 4.92. The molecule has 0 radical (unpaired) electrons. The molecule has 0 aliphatic carbocycles. The quantitative estimate of drug-likeness (QED) is 0.496. The van der Waals surface area contributed by atoms with Gasteiger partial charge in [-0.15, -0.1) is 0 Å². The predicted octanol–water partition coefficient (Wildman–Crippen LogP) is 0.261. The molecule has 1 aliphatic rings. The fourth-order valence-corrected chi connectivity index (χ4v) is 0.762. The number of ether oxygens (including phenoxy) is 1. The average Bonchev–Trinajstić information content (AvgIpc) is 1.77. The molecule has 1 saturated heterocycles. The van der Waals surface area contributed by atoms with Crippen LogP contribution in [-0.2, 0) is 4.74 Å². The molecule has 44 valence electrons. The van der Waals surface area contributed by atoms with Gasteiger partial charge in [-0.05, 0) is 12.2 Å². The zero-order valence-electron chi connectivity index (χ0n) is 4.14. The minimum absolute atomic E-state index is 0.422. The lowest BCUT2D eigenvalue weighted by Gasteiger charge is -2.15. The van der Waals surface area contributed by atoms with Crippen LogP contribution in [0.1, 0.15) is 0 Å². The minimum atomic E-state index is 0.422. The van der Waals surface area contributed by atoms with Gasteiger partial charge >= 0.3 is 0 Å². The Balaban J connectivity index is 2.52. The summed E-state index contributed by atoms with van der Waals surface area (Å²) in [5.41, 5.74) is 0. The number of hydrogen-bond acceptors (Lipinski definition) is 3. The minimum Gasteiger partial charge on any atom is -0.479 e. The van der Waals surface area contributed by atoms with Crippen LogP contribution in [0.25, 0.3) is 0 Å². The Hall–Kier alpha value is -0.220. The number of hydrogen-bond donors (Lipinski definition) is 1. The van der Waals surface area contributed by atoms with Gasteiger partial charge < -0.3 is 10.1 Å². The predicted molar refractivity (Wildman–Crippen MR) is 39.2 cm³/mol. The van der Waals surface area contributed by atoms with Crippen molar-refractivity contribution in [2.75, 3.05) is 13.2 Å². The fraction of sp³-hybridized carbons (Fsp3) is 0.500. The highest BCUT2D eigenvalue weighted by atomic mass is 32.1. The Morgan fingerprint density at radius 2 is 2.25 bits per heavy atom. The summed E-state index contributed by atoms with van der Waals surface area (Å²) in [5.74, 6) is 0. The van der Waals surface area contributed by atoms with E-state index in [9.17, 15) is 0 Å². The molecule has 0 amide bonds. The van der Waals surface area contributed by atoms with Crippen molar-refractivity contribution in [2.45, 2.75) is 0 Å². The Morgan fingerprint density at radius 1 is 1.50 bits per heavy atom. The lowest BCUT2D eigenvalue weighted by Crippen LogP contribution is -2.38. The van der Waals surface area contributed by atoms with Crippen LogP contribution >= 0.6 is 24.4 Å². The van der Waals surface area contributed by atoms with Gasteiger partial charge in [-0.25, -0.2) is 0 Å². The Bertz CT molecular complexity index is 118. The summed E-state index contributed by atoms with van der Waals surface area (Å²) in [6.45, 7) is 1.41. The second-order valence-corrected chi connectivity index (χ2v) is 2.17. The van der Waals surface area contributed by atoms with Gasteiger partial charge in [0.2, 0.25) is 5.05 Å². The molecule has 8 heavy (non-hydrogen) atoms. The van der Waals surface area contributed by atoms with Crippen LogP contribution in [0.4, 0.5) is 0 Å². The summed E-state index contributed by atoms with van der Waals surface area (Å²) in [5, 5.41) is 3.32. The monoisotopic (exact) mass is 147 g/mol. The van der Waals surface area contributed by atoms with Gasteiger partial charge in [0.1, 0.15) is 6.61 Å². The summed E-state index contributed by atoms with van der Waals surface area (Å²) in [7, 11) is 0. The van der Waals surface area contributed by atoms with Gasteiger partial charge in [-0.2, -0.15) is 0 Å². The van der Waals surface area contributed by atoms with Crippen molar-refractivity contribution in [3.63, 3.8) is 0 Å². The SMILES string of the molecule is S=C1NCCOC1=S. The van der Waals surface area contributed by atoms with Crippen LogP contribution in [0.15, 0.2) is 0 Å². The van der Waals surface area contributed by atoms with E-state index in [-0.39, 0.29) is 0 Å². The molecule has 4 heteroatoms.